The molecule has 0 atom stereocenters. The molecule has 0 aliphatic heterocycles. The van der Waals surface area contributed by atoms with Crippen LogP contribution in [-0.2, 0) is 16.6 Å². The monoisotopic (exact) mass is 320 g/mol. The Hall–Kier alpha value is -1.96. The van der Waals surface area contributed by atoms with Crippen molar-refractivity contribution in [1.82, 2.24) is 4.98 Å². The number of rotatable bonds is 4. The fraction of sp³-hybridized carbons (Fsp3) is 0.0714. The average molecular weight is 320 g/mol. The van der Waals surface area contributed by atoms with Gasteiger partial charge >= 0.3 is 0 Å². The molecule has 0 saturated carbocycles. The van der Waals surface area contributed by atoms with E-state index >= 15 is 0 Å². The van der Waals surface area contributed by atoms with Gasteiger partial charge in [0, 0.05) is 17.8 Å². The van der Waals surface area contributed by atoms with Gasteiger partial charge in [0.05, 0.1) is 12.3 Å². The summed E-state index contributed by atoms with van der Waals surface area (Å²) in [6.07, 6.45) is 3.29. The van der Waals surface area contributed by atoms with Crippen molar-refractivity contribution in [1.29, 1.82) is 0 Å². The van der Waals surface area contributed by atoms with Crippen LogP contribution in [0.2, 0.25) is 0 Å². The van der Waals surface area contributed by atoms with Gasteiger partial charge in [-0.1, -0.05) is 12.1 Å². The molecule has 2 aromatic heterocycles. The van der Waals surface area contributed by atoms with Gasteiger partial charge in [0.15, 0.2) is 0 Å². The third kappa shape index (κ3) is 2.76. The molecule has 0 bridgehead atoms. The van der Waals surface area contributed by atoms with Crippen LogP contribution in [0.4, 0.5) is 5.69 Å². The number of pyridine rings is 1. The molecule has 7 heteroatoms. The maximum absolute atomic E-state index is 12.4. The number of sulfonamides is 1. The maximum Gasteiger partial charge on any atom is 0.271 e. The van der Waals surface area contributed by atoms with Crippen LogP contribution in [0.1, 0.15) is 5.56 Å². The molecule has 0 unspecified atom stereocenters. The minimum absolute atomic E-state index is 0.174. The molecular weight excluding hydrogens is 308 g/mol. The second-order valence-electron chi connectivity index (χ2n) is 4.44. The van der Waals surface area contributed by atoms with Crippen molar-refractivity contribution >= 4 is 37.8 Å². The van der Waals surface area contributed by atoms with Gasteiger partial charge in [0.2, 0.25) is 0 Å². The summed E-state index contributed by atoms with van der Waals surface area (Å²) in [6, 6.07) is 8.66. The number of hydrogen-bond donors (Lipinski definition) is 2. The van der Waals surface area contributed by atoms with Crippen molar-refractivity contribution in [3.8, 4) is 0 Å². The van der Waals surface area contributed by atoms with Crippen molar-refractivity contribution in [2.24, 2.45) is 0 Å². The standard InChI is InChI=1S/C14H12N2O3S2/c17-8-10-6-14(20-9-10)21(18,19)16-13-3-1-2-11-4-5-15-7-12(11)13/h1-7,9,16-17H,8H2. The summed E-state index contributed by atoms with van der Waals surface area (Å²) in [5, 5.41) is 12.3. The van der Waals surface area contributed by atoms with E-state index in [2.05, 4.69) is 9.71 Å². The van der Waals surface area contributed by atoms with E-state index in [4.69, 9.17) is 5.11 Å². The predicted molar refractivity (Wildman–Crippen MR) is 82.8 cm³/mol. The van der Waals surface area contributed by atoms with Crippen LogP contribution < -0.4 is 4.72 Å². The molecule has 0 radical (unpaired) electrons. The second-order valence-corrected chi connectivity index (χ2v) is 7.26. The number of aliphatic hydroxyl groups is 1. The number of benzene rings is 1. The van der Waals surface area contributed by atoms with E-state index < -0.39 is 10.0 Å². The van der Waals surface area contributed by atoms with Gasteiger partial charge in [0.25, 0.3) is 10.0 Å². The molecule has 2 heterocycles. The van der Waals surface area contributed by atoms with Gasteiger partial charge in [-0.2, -0.15) is 0 Å². The van der Waals surface area contributed by atoms with Gasteiger partial charge in [-0.05, 0) is 34.5 Å². The Morgan fingerprint density at radius 2 is 2.14 bits per heavy atom. The van der Waals surface area contributed by atoms with Gasteiger partial charge < -0.3 is 5.11 Å². The minimum Gasteiger partial charge on any atom is -0.392 e. The van der Waals surface area contributed by atoms with Gasteiger partial charge in [-0.3, -0.25) is 9.71 Å². The molecule has 0 saturated heterocycles. The fourth-order valence-electron chi connectivity index (χ4n) is 1.97. The Bertz CT molecular complexity index is 883. The highest BCUT2D eigenvalue weighted by molar-refractivity contribution is 7.94. The molecule has 5 nitrogen and oxygen atoms in total. The molecule has 0 spiro atoms. The van der Waals surface area contributed by atoms with Crippen LogP contribution in [0.5, 0.6) is 0 Å². The van der Waals surface area contributed by atoms with Crippen molar-refractivity contribution in [3.63, 3.8) is 0 Å². The highest BCUT2D eigenvalue weighted by atomic mass is 32.2. The molecule has 2 N–H and O–H groups in total. The fourth-order valence-corrected chi connectivity index (χ4v) is 4.25. The third-order valence-corrected chi connectivity index (χ3v) is 5.86. The molecular formula is C14H12N2O3S2. The highest BCUT2D eigenvalue weighted by Gasteiger charge is 2.17. The Morgan fingerprint density at radius 1 is 1.29 bits per heavy atom. The lowest BCUT2D eigenvalue weighted by Gasteiger charge is -2.09. The van der Waals surface area contributed by atoms with E-state index in [0.717, 1.165) is 22.1 Å². The Morgan fingerprint density at radius 3 is 2.90 bits per heavy atom. The first-order valence-electron chi connectivity index (χ1n) is 6.14. The number of nitrogens with zero attached hydrogens (tertiary/aromatic N) is 1. The van der Waals surface area contributed by atoms with E-state index in [1.807, 2.05) is 12.1 Å². The van der Waals surface area contributed by atoms with Gasteiger partial charge in [-0.15, -0.1) is 11.3 Å². The molecule has 108 valence electrons. The molecule has 3 rings (SSSR count). The van der Waals surface area contributed by atoms with E-state index in [9.17, 15) is 8.42 Å². The Balaban J connectivity index is 2.01. The van der Waals surface area contributed by atoms with Crippen LogP contribution in [0.25, 0.3) is 10.8 Å². The van der Waals surface area contributed by atoms with E-state index in [1.54, 1.807) is 29.9 Å². The van der Waals surface area contributed by atoms with Crippen molar-refractivity contribution in [2.45, 2.75) is 10.8 Å². The molecule has 0 aliphatic carbocycles. The van der Waals surface area contributed by atoms with Crippen molar-refractivity contribution < 1.29 is 13.5 Å². The quantitative estimate of drug-likeness (QED) is 0.774. The first kappa shape index (κ1) is 14.0. The minimum atomic E-state index is -3.66. The summed E-state index contributed by atoms with van der Waals surface area (Å²) in [5.41, 5.74) is 1.07. The number of fused-ring (bicyclic) bond motifs is 1. The Labute approximate surface area is 125 Å². The number of aromatic nitrogens is 1. The van der Waals surface area contributed by atoms with E-state index in [1.165, 1.54) is 6.07 Å². The summed E-state index contributed by atoms with van der Waals surface area (Å²) in [4.78, 5) is 4.03. The van der Waals surface area contributed by atoms with Crippen molar-refractivity contribution in [2.75, 3.05) is 4.72 Å². The Kier molecular flexibility index (Phi) is 3.62. The lowest BCUT2D eigenvalue weighted by Crippen LogP contribution is -2.11. The largest absolute Gasteiger partial charge is 0.392 e. The predicted octanol–water partition coefficient (Wildman–Crippen LogP) is 2.59. The number of hydrogen-bond acceptors (Lipinski definition) is 5. The zero-order valence-electron chi connectivity index (χ0n) is 10.9. The van der Waals surface area contributed by atoms with Crippen LogP contribution in [0.15, 0.2) is 52.3 Å². The summed E-state index contributed by atoms with van der Waals surface area (Å²) in [5.74, 6) is 0. The summed E-state index contributed by atoms with van der Waals surface area (Å²) >= 11 is 1.08. The van der Waals surface area contributed by atoms with Crippen molar-refractivity contribution in [3.05, 3.63) is 53.7 Å². The molecule has 0 amide bonds. The normalized spacial score (nSPS) is 11.7. The zero-order valence-corrected chi connectivity index (χ0v) is 12.5. The SMILES string of the molecule is O=S(=O)(Nc1cccc2ccncc12)c1cc(CO)cs1. The molecule has 0 fully saturated rings. The summed E-state index contributed by atoms with van der Waals surface area (Å²) < 4.78 is 27.5. The molecule has 21 heavy (non-hydrogen) atoms. The van der Waals surface area contributed by atoms with Crippen LogP contribution in [0, 0.1) is 0 Å². The molecule has 3 aromatic rings. The number of anilines is 1. The van der Waals surface area contributed by atoms with Gasteiger partial charge in [0.1, 0.15) is 4.21 Å². The third-order valence-electron chi connectivity index (χ3n) is 3.01. The lowest BCUT2D eigenvalue weighted by atomic mass is 10.1. The maximum atomic E-state index is 12.4. The molecule has 0 aliphatic rings. The second kappa shape index (κ2) is 5.44. The van der Waals surface area contributed by atoms with E-state index in [-0.39, 0.29) is 10.8 Å². The number of nitrogens with one attached hydrogen (secondary N) is 1. The lowest BCUT2D eigenvalue weighted by molar-refractivity contribution is 0.282. The smallest absolute Gasteiger partial charge is 0.271 e. The van der Waals surface area contributed by atoms with Crippen LogP contribution in [-0.4, -0.2) is 18.5 Å². The highest BCUT2D eigenvalue weighted by Crippen LogP contribution is 2.27. The zero-order chi connectivity index (χ0) is 14.9. The first-order valence-corrected chi connectivity index (χ1v) is 8.50. The van der Waals surface area contributed by atoms with Gasteiger partial charge in [-0.25, -0.2) is 8.42 Å². The van der Waals surface area contributed by atoms with Crippen LogP contribution in [0.3, 0.4) is 0 Å². The average Bonchev–Trinajstić information content (AvgIpc) is 2.97. The van der Waals surface area contributed by atoms with E-state index in [0.29, 0.717) is 11.3 Å². The first-order chi connectivity index (χ1) is 10.1. The number of aliphatic hydroxyl groups excluding tert-OH is 1. The topological polar surface area (TPSA) is 79.3 Å². The van der Waals surface area contributed by atoms with Crippen LogP contribution >= 0.6 is 11.3 Å². The summed E-state index contributed by atoms with van der Waals surface area (Å²) in [7, 11) is -3.66. The molecule has 1 aromatic carbocycles. The summed E-state index contributed by atoms with van der Waals surface area (Å²) in [6.45, 7) is -0.176. The number of thiophene rings is 1.